The molecule has 4 nitrogen and oxygen atoms in total. The molecular formula is C10H16N2O2. The summed E-state index contributed by atoms with van der Waals surface area (Å²) in [5, 5.41) is 10.2. The Labute approximate surface area is 83.8 Å². The Morgan fingerprint density at radius 2 is 2.14 bits per heavy atom. The number of ether oxygens (including phenoxy) is 1. The van der Waals surface area contributed by atoms with Crippen molar-refractivity contribution in [2.45, 2.75) is 31.7 Å². The number of carbonyl (C=O) groups is 1. The quantitative estimate of drug-likeness (QED) is 0.404. The maximum atomic E-state index is 11.1. The number of methoxy groups -OCH3 is 1. The van der Waals surface area contributed by atoms with Crippen molar-refractivity contribution in [3.63, 3.8) is 0 Å². The molecule has 0 spiro atoms. The van der Waals surface area contributed by atoms with E-state index in [4.69, 9.17) is 5.41 Å². The Morgan fingerprint density at radius 3 is 2.64 bits per heavy atom. The van der Waals surface area contributed by atoms with Gasteiger partial charge in [0.2, 0.25) is 0 Å². The van der Waals surface area contributed by atoms with Gasteiger partial charge in [0.15, 0.2) is 0 Å². The Balaban J connectivity index is 2.46. The summed E-state index contributed by atoms with van der Waals surface area (Å²) in [6, 6.07) is 0.453. The van der Waals surface area contributed by atoms with E-state index in [1.165, 1.54) is 20.0 Å². The predicted octanol–water partition coefficient (Wildman–Crippen LogP) is 1.23. The molecule has 0 amide bonds. The first-order chi connectivity index (χ1) is 6.77. The van der Waals surface area contributed by atoms with E-state index in [0.717, 1.165) is 19.1 Å². The van der Waals surface area contributed by atoms with Gasteiger partial charge in [-0.15, -0.1) is 0 Å². The molecule has 1 saturated carbocycles. The fourth-order valence-corrected chi connectivity index (χ4v) is 1.58. The second kappa shape index (κ2) is 5.42. The molecule has 1 fully saturated rings. The Kier molecular flexibility index (Phi) is 4.16. The molecule has 0 atom stereocenters. The molecule has 14 heavy (non-hydrogen) atoms. The summed E-state index contributed by atoms with van der Waals surface area (Å²) in [6.45, 7) is 0. The van der Waals surface area contributed by atoms with Crippen molar-refractivity contribution in [3.05, 3.63) is 11.8 Å². The SMILES string of the molecule is COC(=O)/C(C=N)=C/NC1CCCC1. The minimum atomic E-state index is -0.467. The van der Waals surface area contributed by atoms with Gasteiger partial charge in [-0.05, 0) is 12.8 Å². The monoisotopic (exact) mass is 196 g/mol. The predicted molar refractivity (Wildman–Crippen MR) is 54.3 cm³/mol. The van der Waals surface area contributed by atoms with Gasteiger partial charge >= 0.3 is 5.97 Å². The van der Waals surface area contributed by atoms with Crippen LogP contribution >= 0.6 is 0 Å². The van der Waals surface area contributed by atoms with E-state index in [2.05, 4.69) is 10.1 Å². The van der Waals surface area contributed by atoms with Gasteiger partial charge in [-0.1, -0.05) is 12.8 Å². The molecule has 4 heteroatoms. The van der Waals surface area contributed by atoms with Crippen LogP contribution in [0.25, 0.3) is 0 Å². The third-order valence-corrected chi connectivity index (χ3v) is 2.41. The standard InChI is InChI=1S/C10H16N2O2/c1-14-10(13)8(6-11)7-12-9-4-2-3-5-9/h6-7,9,11-12H,2-5H2,1H3/b8-7+,11-6?. The van der Waals surface area contributed by atoms with Gasteiger partial charge in [-0.3, -0.25) is 0 Å². The number of rotatable bonds is 4. The average molecular weight is 196 g/mol. The minimum absolute atomic E-state index is 0.263. The topological polar surface area (TPSA) is 62.2 Å². The summed E-state index contributed by atoms with van der Waals surface area (Å²) < 4.78 is 4.52. The summed E-state index contributed by atoms with van der Waals surface area (Å²) in [6.07, 6.45) is 7.35. The number of esters is 1. The van der Waals surface area contributed by atoms with Gasteiger partial charge in [0.25, 0.3) is 0 Å². The number of hydrogen-bond donors (Lipinski definition) is 2. The van der Waals surface area contributed by atoms with Crippen LogP contribution in [0.5, 0.6) is 0 Å². The van der Waals surface area contributed by atoms with Crippen molar-refractivity contribution in [2.24, 2.45) is 0 Å². The largest absolute Gasteiger partial charge is 0.465 e. The molecule has 0 aromatic carbocycles. The number of nitrogens with one attached hydrogen (secondary N) is 2. The maximum absolute atomic E-state index is 11.1. The highest BCUT2D eigenvalue weighted by Crippen LogP contribution is 2.17. The third-order valence-electron chi connectivity index (χ3n) is 2.41. The summed E-state index contributed by atoms with van der Waals surface area (Å²) >= 11 is 0. The highest BCUT2D eigenvalue weighted by Gasteiger charge is 2.14. The summed E-state index contributed by atoms with van der Waals surface area (Å²) in [4.78, 5) is 11.1. The molecule has 0 aliphatic heterocycles. The molecule has 1 aliphatic carbocycles. The van der Waals surface area contributed by atoms with Crippen LogP contribution in [0.3, 0.4) is 0 Å². The van der Waals surface area contributed by atoms with Crippen LogP contribution in [-0.4, -0.2) is 25.3 Å². The van der Waals surface area contributed by atoms with Gasteiger partial charge in [0, 0.05) is 18.5 Å². The third kappa shape index (κ3) is 2.87. The van der Waals surface area contributed by atoms with E-state index in [0.29, 0.717) is 6.04 Å². The fourth-order valence-electron chi connectivity index (χ4n) is 1.58. The lowest BCUT2D eigenvalue weighted by Gasteiger charge is -2.09. The van der Waals surface area contributed by atoms with Crippen molar-refractivity contribution in [1.82, 2.24) is 5.32 Å². The average Bonchev–Trinajstić information content (AvgIpc) is 2.71. The first-order valence-electron chi connectivity index (χ1n) is 4.83. The molecule has 1 rings (SSSR count). The highest BCUT2D eigenvalue weighted by atomic mass is 16.5. The van der Waals surface area contributed by atoms with Crippen molar-refractivity contribution >= 4 is 12.2 Å². The Morgan fingerprint density at radius 1 is 1.50 bits per heavy atom. The summed E-state index contributed by atoms with van der Waals surface area (Å²) in [7, 11) is 1.31. The lowest BCUT2D eigenvalue weighted by atomic mass is 10.2. The van der Waals surface area contributed by atoms with Crippen LogP contribution in [0.15, 0.2) is 11.8 Å². The lowest BCUT2D eigenvalue weighted by molar-refractivity contribution is -0.135. The molecule has 1 aliphatic rings. The van der Waals surface area contributed by atoms with Crippen LogP contribution in [-0.2, 0) is 9.53 Å². The van der Waals surface area contributed by atoms with Crippen LogP contribution in [0.4, 0.5) is 0 Å². The molecule has 0 aromatic rings. The van der Waals surface area contributed by atoms with Gasteiger partial charge in [0.1, 0.15) is 0 Å². The molecular weight excluding hydrogens is 180 g/mol. The second-order valence-corrected chi connectivity index (χ2v) is 3.38. The van der Waals surface area contributed by atoms with Crippen molar-refractivity contribution in [3.8, 4) is 0 Å². The van der Waals surface area contributed by atoms with E-state index in [-0.39, 0.29) is 5.57 Å². The molecule has 0 radical (unpaired) electrons. The molecule has 0 bridgehead atoms. The van der Waals surface area contributed by atoms with E-state index >= 15 is 0 Å². The fraction of sp³-hybridized carbons (Fsp3) is 0.600. The Hall–Kier alpha value is -1.32. The first kappa shape index (κ1) is 10.8. The summed E-state index contributed by atoms with van der Waals surface area (Å²) in [5.41, 5.74) is 0.263. The van der Waals surface area contributed by atoms with Gasteiger partial charge < -0.3 is 15.5 Å². The lowest BCUT2D eigenvalue weighted by Crippen LogP contribution is -2.22. The first-order valence-corrected chi connectivity index (χ1v) is 4.83. The zero-order chi connectivity index (χ0) is 10.4. The highest BCUT2D eigenvalue weighted by molar-refractivity contribution is 6.08. The van der Waals surface area contributed by atoms with Crippen molar-refractivity contribution in [2.75, 3.05) is 7.11 Å². The van der Waals surface area contributed by atoms with Gasteiger partial charge in [0.05, 0.1) is 12.7 Å². The van der Waals surface area contributed by atoms with Crippen LogP contribution < -0.4 is 5.32 Å². The molecule has 0 aromatic heterocycles. The molecule has 2 N–H and O–H groups in total. The second-order valence-electron chi connectivity index (χ2n) is 3.38. The molecule has 78 valence electrons. The van der Waals surface area contributed by atoms with E-state index in [1.807, 2.05) is 0 Å². The Bertz CT molecular complexity index is 243. The van der Waals surface area contributed by atoms with E-state index < -0.39 is 5.97 Å². The normalized spacial score (nSPS) is 17.9. The van der Waals surface area contributed by atoms with Crippen LogP contribution in [0, 0.1) is 5.41 Å². The zero-order valence-electron chi connectivity index (χ0n) is 8.38. The van der Waals surface area contributed by atoms with Crippen LogP contribution in [0.2, 0.25) is 0 Å². The van der Waals surface area contributed by atoms with Gasteiger partial charge in [-0.2, -0.15) is 0 Å². The number of carbonyl (C=O) groups excluding carboxylic acids is 1. The van der Waals surface area contributed by atoms with Gasteiger partial charge in [-0.25, -0.2) is 4.79 Å². The maximum Gasteiger partial charge on any atom is 0.340 e. The summed E-state index contributed by atoms with van der Waals surface area (Å²) in [5.74, 6) is -0.467. The molecule has 0 unspecified atom stereocenters. The molecule has 0 saturated heterocycles. The van der Waals surface area contributed by atoms with E-state index in [1.54, 1.807) is 6.20 Å². The van der Waals surface area contributed by atoms with Crippen LogP contribution in [0.1, 0.15) is 25.7 Å². The molecule has 0 heterocycles. The smallest absolute Gasteiger partial charge is 0.340 e. The van der Waals surface area contributed by atoms with Crippen molar-refractivity contribution in [1.29, 1.82) is 5.41 Å². The zero-order valence-corrected chi connectivity index (χ0v) is 8.38. The van der Waals surface area contributed by atoms with E-state index in [9.17, 15) is 4.79 Å². The number of hydrogen-bond acceptors (Lipinski definition) is 4. The van der Waals surface area contributed by atoms with Crippen molar-refractivity contribution < 1.29 is 9.53 Å². The minimum Gasteiger partial charge on any atom is -0.465 e.